The average Bonchev–Trinajstić information content (AvgIpc) is 3.81. The predicted molar refractivity (Wildman–Crippen MR) is 187 cm³/mol. The average molecular weight is 557 g/mol. The second-order valence-corrected chi connectivity index (χ2v) is 12.1. The molecule has 44 heavy (non-hydrogen) atoms. The number of benzene rings is 7. The molecular weight excluding hydrogens is 532 g/mol. The van der Waals surface area contributed by atoms with Gasteiger partial charge in [-0.2, -0.15) is 0 Å². The van der Waals surface area contributed by atoms with E-state index >= 15 is 0 Å². The summed E-state index contributed by atoms with van der Waals surface area (Å²) in [6, 6.07) is 53.8. The number of hydrogen-bond donors (Lipinski definition) is 0. The fourth-order valence-electron chi connectivity index (χ4n) is 8.16. The van der Waals surface area contributed by atoms with Gasteiger partial charge in [-0.1, -0.05) is 109 Å². The van der Waals surface area contributed by atoms with Crippen molar-refractivity contribution in [1.29, 1.82) is 0 Å². The Morgan fingerprint density at radius 2 is 0.841 bits per heavy atom. The van der Waals surface area contributed by atoms with Crippen LogP contribution in [0, 0.1) is 0 Å². The Morgan fingerprint density at radius 3 is 1.61 bits per heavy atom. The van der Waals surface area contributed by atoms with Crippen molar-refractivity contribution < 1.29 is 0 Å². The number of fused-ring (bicyclic) bond motifs is 12. The van der Waals surface area contributed by atoms with E-state index in [4.69, 9.17) is 0 Å². The summed E-state index contributed by atoms with van der Waals surface area (Å²) in [5.74, 6) is 0. The van der Waals surface area contributed by atoms with Gasteiger partial charge >= 0.3 is 0 Å². The van der Waals surface area contributed by atoms with Crippen LogP contribution in [0.25, 0.3) is 98.4 Å². The maximum atomic E-state index is 2.48. The molecule has 0 aliphatic carbocycles. The van der Waals surface area contributed by atoms with E-state index in [-0.39, 0.29) is 0 Å². The Labute approximate surface area is 252 Å². The standard InChI is InChI=1S/C42H24N2/c1-2-9-25(10-3-1)26-17-21-38-34(23-26)30-13-8-14-31-35-24-27(18-22-39(35)43(38)41(30)31)28-19-20-32-29-11-4-6-15-36(29)44-37-16-7-5-12-33(37)40(28)42(32)44/h1-24H. The SMILES string of the molecule is c1ccc(-c2ccc3c(c2)c2cccc4c5cc(-c6ccc7c8ccccc8n8c9ccccc9c6c78)ccc5n3c24)cc1. The van der Waals surface area contributed by atoms with Gasteiger partial charge in [-0.3, -0.25) is 0 Å². The van der Waals surface area contributed by atoms with Crippen molar-refractivity contribution in [2.24, 2.45) is 0 Å². The summed E-state index contributed by atoms with van der Waals surface area (Å²) in [6.45, 7) is 0. The lowest BCUT2D eigenvalue weighted by atomic mass is 9.96. The van der Waals surface area contributed by atoms with Crippen molar-refractivity contribution in [2.45, 2.75) is 0 Å². The van der Waals surface area contributed by atoms with Gasteiger partial charge in [0.2, 0.25) is 0 Å². The van der Waals surface area contributed by atoms with E-state index in [0.29, 0.717) is 0 Å². The topological polar surface area (TPSA) is 8.82 Å². The van der Waals surface area contributed by atoms with Gasteiger partial charge in [0.15, 0.2) is 0 Å². The normalized spacial score (nSPS) is 12.5. The predicted octanol–water partition coefficient (Wildman–Crippen LogP) is 11.3. The van der Waals surface area contributed by atoms with Gasteiger partial charge in [-0.15, -0.1) is 0 Å². The number of hydrogen-bond acceptors (Lipinski definition) is 0. The Balaban J connectivity index is 1.21. The largest absolute Gasteiger partial charge is 0.308 e. The highest BCUT2D eigenvalue weighted by atomic mass is 14.9. The zero-order chi connectivity index (χ0) is 28.5. The molecule has 0 N–H and O–H groups in total. The van der Waals surface area contributed by atoms with Crippen LogP contribution < -0.4 is 0 Å². The molecule has 0 saturated carbocycles. The summed E-state index contributed by atoms with van der Waals surface area (Å²) in [4.78, 5) is 0. The zero-order valence-corrected chi connectivity index (χ0v) is 23.8. The summed E-state index contributed by atoms with van der Waals surface area (Å²) < 4.78 is 4.94. The van der Waals surface area contributed by atoms with Gasteiger partial charge < -0.3 is 8.80 Å². The highest BCUT2D eigenvalue weighted by molar-refractivity contribution is 6.28. The fourth-order valence-corrected chi connectivity index (χ4v) is 8.16. The number of rotatable bonds is 2. The minimum atomic E-state index is 1.25. The van der Waals surface area contributed by atoms with Crippen LogP contribution in [0.2, 0.25) is 0 Å². The van der Waals surface area contributed by atoms with Crippen LogP contribution in [0.3, 0.4) is 0 Å². The van der Waals surface area contributed by atoms with Crippen LogP contribution in [0.4, 0.5) is 0 Å². The smallest absolute Gasteiger partial charge is 0.0626 e. The van der Waals surface area contributed by atoms with Gasteiger partial charge in [0.1, 0.15) is 0 Å². The van der Waals surface area contributed by atoms with Crippen molar-refractivity contribution in [3.63, 3.8) is 0 Å². The number of nitrogens with zero attached hydrogens (tertiary/aromatic N) is 2. The van der Waals surface area contributed by atoms with Gasteiger partial charge in [0.25, 0.3) is 0 Å². The third-order valence-electron chi connectivity index (χ3n) is 9.98. The quantitative estimate of drug-likeness (QED) is 0.200. The van der Waals surface area contributed by atoms with E-state index in [1.54, 1.807) is 0 Å². The minimum absolute atomic E-state index is 1.25. The van der Waals surface area contributed by atoms with Crippen molar-refractivity contribution in [1.82, 2.24) is 8.80 Å². The van der Waals surface area contributed by atoms with Crippen LogP contribution in [0.1, 0.15) is 0 Å². The van der Waals surface area contributed by atoms with Crippen LogP contribution >= 0.6 is 0 Å². The van der Waals surface area contributed by atoms with Crippen molar-refractivity contribution in [2.75, 3.05) is 0 Å². The molecule has 0 spiro atoms. The maximum absolute atomic E-state index is 2.48. The Kier molecular flexibility index (Phi) is 4.10. The highest BCUT2D eigenvalue weighted by Gasteiger charge is 2.22. The Hall–Kier alpha value is -5.86. The van der Waals surface area contributed by atoms with Crippen molar-refractivity contribution in [3.8, 4) is 22.3 Å². The lowest BCUT2D eigenvalue weighted by Crippen LogP contribution is -1.84. The first kappa shape index (κ1) is 22.7. The first-order valence-corrected chi connectivity index (χ1v) is 15.3. The first-order valence-electron chi connectivity index (χ1n) is 15.3. The third kappa shape index (κ3) is 2.68. The van der Waals surface area contributed by atoms with Crippen LogP contribution in [0.5, 0.6) is 0 Å². The van der Waals surface area contributed by atoms with Gasteiger partial charge in [-0.25, -0.2) is 0 Å². The van der Waals surface area contributed by atoms with E-state index < -0.39 is 0 Å². The second-order valence-electron chi connectivity index (χ2n) is 12.1. The molecule has 4 heterocycles. The molecule has 0 aliphatic heterocycles. The molecule has 0 aliphatic rings. The third-order valence-corrected chi connectivity index (χ3v) is 9.98. The molecule has 0 bridgehead atoms. The maximum Gasteiger partial charge on any atom is 0.0626 e. The molecule has 2 heteroatoms. The summed E-state index contributed by atoms with van der Waals surface area (Å²) in [6.07, 6.45) is 0. The molecule has 7 aromatic carbocycles. The molecule has 202 valence electrons. The van der Waals surface area contributed by atoms with E-state index in [1.165, 1.54) is 98.4 Å². The molecule has 0 unspecified atom stereocenters. The minimum Gasteiger partial charge on any atom is -0.308 e. The zero-order valence-electron chi connectivity index (χ0n) is 23.8. The number of para-hydroxylation sites is 3. The van der Waals surface area contributed by atoms with Crippen molar-refractivity contribution in [3.05, 3.63) is 146 Å². The Morgan fingerprint density at radius 1 is 0.295 bits per heavy atom. The molecule has 11 aromatic rings. The van der Waals surface area contributed by atoms with Crippen LogP contribution in [-0.2, 0) is 0 Å². The molecule has 0 radical (unpaired) electrons. The fraction of sp³-hybridized carbons (Fsp3) is 0. The Bertz CT molecular complexity index is 2920. The van der Waals surface area contributed by atoms with E-state index in [1.807, 2.05) is 0 Å². The summed E-state index contributed by atoms with van der Waals surface area (Å²) in [7, 11) is 0. The lowest BCUT2D eigenvalue weighted by molar-refractivity contribution is 1.37. The van der Waals surface area contributed by atoms with E-state index in [0.717, 1.165) is 0 Å². The first-order chi connectivity index (χ1) is 21.8. The van der Waals surface area contributed by atoms with Gasteiger partial charge in [0, 0.05) is 43.1 Å². The molecule has 0 fully saturated rings. The summed E-state index contributed by atoms with van der Waals surface area (Å²) in [5, 5.41) is 10.5. The van der Waals surface area contributed by atoms with Crippen LogP contribution in [-0.4, -0.2) is 8.80 Å². The lowest BCUT2D eigenvalue weighted by Gasteiger charge is -2.07. The van der Waals surface area contributed by atoms with Gasteiger partial charge in [0.05, 0.1) is 33.1 Å². The summed E-state index contributed by atoms with van der Waals surface area (Å²) >= 11 is 0. The molecule has 2 nitrogen and oxygen atoms in total. The van der Waals surface area contributed by atoms with Crippen LogP contribution in [0.15, 0.2) is 146 Å². The molecule has 11 rings (SSSR count). The number of aromatic nitrogens is 2. The van der Waals surface area contributed by atoms with Crippen molar-refractivity contribution >= 4 is 76.2 Å². The molecule has 0 amide bonds. The molecule has 4 aromatic heterocycles. The summed E-state index contributed by atoms with van der Waals surface area (Å²) in [5.41, 5.74) is 12.7. The van der Waals surface area contributed by atoms with E-state index in [2.05, 4.69) is 154 Å². The van der Waals surface area contributed by atoms with E-state index in [9.17, 15) is 0 Å². The second kappa shape index (κ2) is 7.94. The molecular formula is C42H24N2. The monoisotopic (exact) mass is 556 g/mol. The molecule has 0 atom stereocenters. The van der Waals surface area contributed by atoms with Gasteiger partial charge in [-0.05, 0) is 58.7 Å². The molecule has 0 saturated heterocycles. The highest BCUT2D eigenvalue weighted by Crippen LogP contribution is 2.45.